The summed E-state index contributed by atoms with van der Waals surface area (Å²) in [6.07, 6.45) is 0. The maximum atomic E-state index is 6.10. The second kappa shape index (κ2) is 11.8. The zero-order valence-electron chi connectivity index (χ0n) is 23.2. The molecular weight excluding hydrogens is 546 g/mol. The standard InChI is InChI=1S/C39H26ClN3/c40-36-24-22-30(23-25-36)35-13-7-12-34(26-35)29-16-20-33(21-17-29)39-42-37(31-10-5-2-6-11-31)41-38(43-39)32-18-14-28(15-19-32)27-8-3-1-4-9-27/h1-26H. The predicted molar refractivity (Wildman–Crippen MR) is 177 cm³/mol. The molecule has 3 nitrogen and oxygen atoms in total. The molecule has 0 aliphatic carbocycles. The minimum absolute atomic E-state index is 0.637. The van der Waals surface area contributed by atoms with E-state index >= 15 is 0 Å². The van der Waals surface area contributed by atoms with E-state index in [0.717, 1.165) is 49.5 Å². The first-order chi connectivity index (χ1) is 21.2. The molecule has 1 heterocycles. The Labute approximate surface area is 256 Å². The molecule has 0 aliphatic heterocycles. The van der Waals surface area contributed by atoms with Crippen molar-refractivity contribution < 1.29 is 0 Å². The summed E-state index contributed by atoms with van der Waals surface area (Å²) in [6.45, 7) is 0. The smallest absolute Gasteiger partial charge is 0.164 e. The molecule has 0 bridgehead atoms. The summed E-state index contributed by atoms with van der Waals surface area (Å²) < 4.78 is 0. The Morgan fingerprint density at radius 3 is 1.05 bits per heavy atom. The average molecular weight is 572 g/mol. The summed E-state index contributed by atoms with van der Waals surface area (Å²) in [5, 5.41) is 0.733. The van der Waals surface area contributed by atoms with Crippen LogP contribution in [0.25, 0.3) is 67.5 Å². The molecule has 204 valence electrons. The van der Waals surface area contributed by atoms with Gasteiger partial charge in [0.1, 0.15) is 0 Å². The molecular formula is C39H26ClN3. The fraction of sp³-hybridized carbons (Fsp3) is 0. The SMILES string of the molecule is Clc1ccc(-c2cccc(-c3ccc(-c4nc(-c5ccccc5)nc(-c5ccc(-c6ccccc6)cc5)n4)cc3)c2)cc1. The van der Waals surface area contributed by atoms with Crippen LogP contribution in [0.5, 0.6) is 0 Å². The monoisotopic (exact) mass is 571 g/mol. The fourth-order valence-electron chi connectivity index (χ4n) is 5.13. The van der Waals surface area contributed by atoms with E-state index in [1.165, 1.54) is 5.56 Å². The van der Waals surface area contributed by atoms with E-state index in [0.29, 0.717) is 17.5 Å². The van der Waals surface area contributed by atoms with Gasteiger partial charge in [0, 0.05) is 21.7 Å². The quantitative estimate of drug-likeness (QED) is 0.199. The van der Waals surface area contributed by atoms with E-state index in [9.17, 15) is 0 Å². The molecule has 0 saturated carbocycles. The van der Waals surface area contributed by atoms with Crippen molar-refractivity contribution in [1.82, 2.24) is 15.0 Å². The van der Waals surface area contributed by atoms with Crippen LogP contribution in [0.15, 0.2) is 158 Å². The Bertz CT molecular complexity index is 1990. The highest BCUT2D eigenvalue weighted by molar-refractivity contribution is 6.30. The van der Waals surface area contributed by atoms with E-state index < -0.39 is 0 Å². The van der Waals surface area contributed by atoms with E-state index in [4.69, 9.17) is 26.6 Å². The third kappa shape index (κ3) is 5.85. The third-order valence-corrected chi connectivity index (χ3v) is 7.69. The zero-order valence-corrected chi connectivity index (χ0v) is 24.0. The lowest BCUT2D eigenvalue weighted by atomic mass is 9.98. The second-order valence-corrected chi connectivity index (χ2v) is 10.7. The van der Waals surface area contributed by atoms with Gasteiger partial charge in [-0.2, -0.15) is 0 Å². The zero-order chi connectivity index (χ0) is 29.0. The lowest BCUT2D eigenvalue weighted by molar-refractivity contribution is 1.07. The molecule has 43 heavy (non-hydrogen) atoms. The van der Waals surface area contributed by atoms with Gasteiger partial charge in [-0.3, -0.25) is 0 Å². The Hall–Kier alpha value is -5.38. The van der Waals surface area contributed by atoms with Gasteiger partial charge in [-0.25, -0.2) is 15.0 Å². The van der Waals surface area contributed by atoms with Crippen molar-refractivity contribution in [2.75, 3.05) is 0 Å². The minimum atomic E-state index is 0.637. The van der Waals surface area contributed by atoms with Crippen molar-refractivity contribution in [2.45, 2.75) is 0 Å². The number of hydrogen-bond donors (Lipinski definition) is 0. The van der Waals surface area contributed by atoms with Crippen LogP contribution >= 0.6 is 11.6 Å². The van der Waals surface area contributed by atoms with Crippen molar-refractivity contribution in [3.63, 3.8) is 0 Å². The van der Waals surface area contributed by atoms with Crippen molar-refractivity contribution in [2.24, 2.45) is 0 Å². The minimum Gasteiger partial charge on any atom is -0.208 e. The molecule has 6 aromatic carbocycles. The second-order valence-electron chi connectivity index (χ2n) is 10.3. The molecule has 0 spiro atoms. The van der Waals surface area contributed by atoms with Gasteiger partial charge in [-0.05, 0) is 51.6 Å². The summed E-state index contributed by atoms with van der Waals surface area (Å²) in [7, 11) is 0. The average Bonchev–Trinajstić information content (AvgIpc) is 3.09. The maximum absolute atomic E-state index is 6.10. The molecule has 0 unspecified atom stereocenters. The van der Waals surface area contributed by atoms with Crippen LogP contribution in [0.2, 0.25) is 5.02 Å². The van der Waals surface area contributed by atoms with E-state index in [1.807, 2.05) is 60.7 Å². The Balaban J connectivity index is 1.24. The fourth-order valence-corrected chi connectivity index (χ4v) is 5.25. The number of benzene rings is 6. The molecule has 0 aliphatic rings. The van der Waals surface area contributed by atoms with E-state index in [2.05, 4.69) is 97.1 Å². The van der Waals surface area contributed by atoms with Crippen molar-refractivity contribution in [3.05, 3.63) is 163 Å². The van der Waals surface area contributed by atoms with Crippen LogP contribution in [0, 0.1) is 0 Å². The first-order valence-corrected chi connectivity index (χ1v) is 14.5. The lowest BCUT2D eigenvalue weighted by Gasteiger charge is -2.10. The number of halogens is 1. The number of hydrogen-bond acceptors (Lipinski definition) is 3. The van der Waals surface area contributed by atoms with Crippen molar-refractivity contribution in [1.29, 1.82) is 0 Å². The molecule has 0 radical (unpaired) electrons. The number of rotatable bonds is 6. The number of aromatic nitrogens is 3. The molecule has 0 atom stereocenters. The molecule has 0 N–H and O–H groups in total. The Morgan fingerprint density at radius 2 is 0.581 bits per heavy atom. The maximum Gasteiger partial charge on any atom is 0.164 e. The highest BCUT2D eigenvalue weighted by Crippen LogP contribution is 2.30. The van der Waals surface area contributed by atoms with Gasteiger partial charge in [-0.15, -0.1) is 0 Å². The summed E-state index contributed by atoms with van der Waals surface area (Å²) in [5.41, 5.74) is 9.68. The van der Waals surface area contributed by atoms with Crippen LogP contribution in [0.4, 0.5) is 0 Å². The van der Waals surface area contributed by atoms with Crippen LogP contribution < -0.4 is 0 Å². The number of nitrogens with zero attached hydrogens (tertiary/aromatic N) is 3. The molecule has 0 amide bonds. The third-order valence-electron chi connectivity index (χ3n) is 7.43. The summed E-state index contributed by atoms with van der Waals surface area (Å²) >= 11 is 6.10. The van der Waals surface area contributed by atoms with Crippen molar-refractivity contribution >= 4 is 11.6 Å². The highest BCUT2D eigenvalue weighted by atomic mass is 35.5. The van der Waals surface area contributed by atoms with Gasteiger partial charge in [0.2, 0.25) is 0 Å². The van der Waals surface area contributed by atoms with Gasteiger partial charge in [0.05, 0.1) is 0 Å². The first-order valence-electron chi connectivity index (χ1n) is 14.1. The summed E-state index contributed by atoms with van der Waals surface area (Å²) in [4.78, 5) is 14.7. The van der Waals surface area contributed by atoms with Gasteiger partial charge in [0.25, 0.3) is 0 Å². The molecule has 7 rings (SSSR count). The topological polar surface area (TPSA) is 38.7 Å². The summed E-state index contributed by atoms with van der Waals surface area (Å²) in [6, 6.07) is 53.6. The Kier molecular flexibility index (Phi) is 7.31. The van der Waals surface area contributed by atoms with Crippen LogP contribution in [-0.2, 0) is 0 Å². The molecule has 7 aromatic rings. The van der Waals surface area contributed by atoms with Crippen molar-refractivity contribution in [3.8, 4) is 67.5 Å². The predicted octanol–water partition coefficient (Wildman–Crippen LogP) is 10.5. The Morgan fingerprint density at radius 1 is 0.279 bits per heavy atom. The first kappa shape index (κ1) is 26.5. The van der Waals surface area contributed by atoms with Gasteiger partial charge in [-0.1, -0.05) is 151 Å². The normalized spacial score (nSPS) is 10.9. The van der Waals surface area contributed by atoms with Crippen LogP contribution in [0.3, 0.4) is 0 Å². The van der Waals surface area contributed by atoms with Gasteiger partial charge < -0.3 is 0 Å². The van der Waals surface area contributed by atoms with Gasteiger partial charge >= 0.3 is 0 Å². The molecule has 1 aromatic heterocycles. The lowest BCUT2D eigenvalue weighted by Crippen LogP contribution is -2.00. The molecule has 0 fully saturated rings. The van der Waals surface area contributed by atoms with E-state index in [-0.39, 0.29) is 0 Å². The molecule has 0 saturated heterocycles. The van der Waals surface area contributed by atoms with Crippen LogP contribution in [0.1, 0.15) is 0 Å². The summed E-state index contributed by atoms with van der Waals surface area (Å²) in [5.74, 6) is 1.92. The van der Waals surface area contributed by atoms with E-state index in [1.54, 1.807) is 0 Å². The largest absolute Gasteiger partial charge is 0.208 e. The highest BCUT2D eigenvalue weighted by Gasteiger charge is 2.13. The van der Waals surface area contributed by atoms with Gasteiger partial charge in [0.15, 0.2) is 17.5 Å². The molecule has 4 heteroatoms. The van der Waals surface area contributed by atoms with Crippen LogP contribution in [-0.4, -0.2) is 15.0 Å².